The molecular weight excluding hydrogens is 304 g/mol. The summed E-state index contributed by atoms with van der Waals surface area (Å²) in [6.45, 7) is 6.79. The van der Waals surface area contributed by atoms with Gasteiger partial charge < -0.3 is 0 Å². The molecule has 2 rings (SSSR count). The van der Waals surface area contributed by atoms with Gasteiger partial charge in [0.2, 0.25) is 11.0 Å². The van der Waals surface area contributed by atoms with Gasteiger partial charge in [-0.15, -0.1) is 21.5 Å². The molecule has 0 aliphatic carbocycles. The van der Waals surface area contributed by atoms with E-state index in [-0.39, 0.29) is 11.9 Å². The molecule has 21 heavy (non-hydrogen) atoms. The fourth-order valence-corrected chi connectivity index (χ4v) is 3.44. The highest BCUT2D eigenvalue weighted by Crippen LogP contribution is 2.19. The van der Waals surface area contributed by atoms with Gasteiger partial charge >= 0.3 is 0 Å². The predicted octanol–water partition coefficient (Wildman–Crippen LogP) is 2.93. The van der Waals surface area contributed by atoms with Crippen molar-refractivity contribution in [3.8, 4) is 0 Å². The highest BCUT2D eigenvalue weighted by atomic mass is 32.1. The van der Waals surface area contributed by atoms with E-state index in [9.17, 15) is 4.79 Å². The lowest BCUT2D eigenvalue weighted by Crippen LogP contribution is -2.39. The number of aromatic nitrogens is 2. The van der Waals surface area contributed by atoms with Crippen LogP contribution in [-0.4, -0.2) is 34.1 Å². The van der Waals surface area contributed by atoms with E-state index in [0.717, 1.165) is 18.0 Å². The van der Waals surface area contributed by atoms with Crippen LogP contribution in [0.2, 0.25) is 0 Å². The molecule has 0 radical (unpaired) electrons. The molecule has 0 spiro atoms. The zero-order valence-electron chi connectivity index (χ0n) is 12.7. The van der Waals surface area contributed by atoms with Crippen LogP contribution in [0.4, 0.5) is 5.13 Å². The summed E-state index contributed by atoms with van der Waals surface area (Å²) < 4.78 is 0. The van der Waals surface area contributed by atoms with E-state index in [1.54, 1.807) is 11.3 Å². The molecule has 1 atom stereocenters. The Balaban J connectivity index is 1.93. The van der Waals surface area contributed by atoms with Gasteiger partial charge in [-0.25, -0.2) is 0 Å². The van der Waals surface area contributed by atoms with E-state index in [1.807, 2.05) is 25.8 Å². The Morgan fingerprint density at radius 1 is 1.48 bits per heavy atom. The number of nitrogens with zero attached hydrogens (tertiary/aromatic N) is 3. The van der Waals surface area contributed by atoms with Gasteiger partial charge in [0.05, 0.1) is 6.04 Å². The molecule has 114 valence electrons. The number of amides is 1. The number of anilines is 1. The molecule has 0 aliphatic rings. The number of hydrogen-bond acceptors (Lipinski definition) is 6. The molecule has 0 fully saturated rings. The third-order valence-electron chi connectivity index (χ3n) is 3.40. The van der Waals surface area contributed by atoms with Crippen molar-refractivity contribution < 1.29 is 4.79 Å². The minimum atomic E-state index is -0.222. The second-order valence-electron chi connectivity index (χ2n) is 4.96. The number of carbonyl (C=O) groups excluding carboxylic acids is 1. The molecular formula is C14H20N4OS2. The van der Waals surface area contributed by atoms with Crippen LogP contribution >= 0.6 is 22.7 Å². The van der Waals surface area contributed by atoms with E-state index < -0.39 is 0 Å². The fourth-order valence-electron chi connectivity index (χ4n) is 1.79. The first-order valence-corrected chi connectivity index (χ1v) is 8.57. The van der Waals surface area contributed by atoms with E-state index in [1.165, 1.54) is 21.8 Å². The summed E-state index contributed by atoms with van der Waals surface area (Å²) in [5.41, 5.74) is 1.27. The van der Waals surface area contributed by atoms with Crippen molar-refractivity contribution >= 4 is 33.7 Å². The van der Waals surface area contributed by atoms with Crippen molar-refractivity contribution in [2.75, 3.05) is 12.4 Å². The van der Waals surface area contributed by atoms with Crippen molar-refractivity contribution in [3.63, 3.8) is 0 Å². The van der Waals surface area contributed by atoms with Crippen LogP contribution in [-0.2, 0) is 17.8 Å². The Hall–Kier alpha value is -1.31. The maximum absolute atomic E-state index is 12.3. The largest absolute Gasteiger partial charge is 0.299 e. The maximum atomic E-state index is 12.3. The number of thiophene rings is 1. The van der Waals surface area contributed by atoms with E-state index in [2.05, 4.69) is 33.9 Å². The maximum Gasteiger partial charge on any atom is 0.243 e. The second kappa shape index (κ2) is 7.11. The number of hydrogen-bond donors (Lipinski definition) is 1. The minimum absolute atomic E-state index is 0.0505. The number of likely N-dealkylation sites (N-methyl/N-ethyl adjacent to an activating group) is 1. The third-order valence-corrected chi connectivity index (χ3v) is 5.39. The summed E-state index contributed by atoms with van der Waals surface area (Å²) in [7, 11) is 1.96. The first-order chi connectivity index (χ1) is 10.0. The van der Waals surface area contributed by atoms with Crippen molar-refractivity contribution in [2.45, 2.75) is 39.8 Å². The molecule has 2 aromatic rings. The number of carbonyl (C=O) groups is 1. The molecule has 0 unspecified atom stereocenters. The van der Waals surface area contributed by atoms with E-state index in [0.29, 0.717) is 5.13 Å². The molecule has 5 nitrogen and oxygen atoms in total. The summed E-state index contributed by atoms with van der Waals surface area (Å²) in [4.78, 5) is 15.6. The summed E-state index contributed by atoms with van der Waals surface area (Å²) in [5, 5.41) is 14.4. The number of aryl methyl sites for hydroxylation is 2. The standard InChI is InChI=1S/C14H20N4OS2/c1-5-12-16-17-14(21-12)15-13(19)10(3)18(4)8-11-9(2)6-7-20-11/h6-7,10H,5,8H2,1-4H3,(H,15,17,19)/t10-/m1/s1. The summed E-state index contributed by atoms with van der Waals surface area (Å²) in [6, 6.07) is 1.88. The van der Waals surface area contributed by atoms with Crippen LogP contribution in [0.15, 0.2) is 11.4 Å². The Morgan fingerprint density at radius 2 is 2.24 bits per heavy atom. The molecule has 2 aromatic heterocycles. The SMILES string of the molecule is CCc1nnc(NC(=O)[C@@H](C)N(C)Cc2sccc2C)s1. The second-order valence-corrected chi connectivity index (χ2v) is 7.02. The van der Waals surface area contributed by atoms with Crippen LogP contribution in [0.25, 0.3) is 0 Å². The quantitative estimate of drug-likeness (QED) is 0.887. The van der Waals surface area contributed by atoms with Crippen LogP contribution in [0.5, 0.6) is 0 Å². The van der Waals surface area contributed by atoms with Gasteiger partial charge in [0.1, 0.15) is 5.01 Å². The van der Waals surface area contributed by atoms with Crippen molar-refractivity contribution in [1.82, 2.24) is 15.1 Å². The highest BCUT2D eigenvalue weighted by Gasteiger charge is 2.20. The van der Waals surface area contributed by atoms with Gasteiger partial charge in [0.15, 0.2) is 0 Å². The van der Waals surface area contributed by atoms with Gasteiger partial charge in [0.25, 0.3) is 0 Å². The molecule has 0 saturated carbocycles. The molecule has 1 amide bonds. The molecule has 1 N–H and O–H groups in total. The predicted molar refractivity (Wildman–Crippen MR) is 87.9 cm³/mol. The van der Waals surface area contributed by atoms with Crippen molar-refractivity contribution in [2.24, 2.45) is 0 Å². The topological polar surface area (TPSA) is 58.1 Å². The van der Waals surface area contributed by atoms with Gasteiger partial charge in [-0.2, -0.15) is 0 Å². The lowest BCUT2D eigenvalue weighted by atomic mass is 10.2. The zero-order valence-corrected chi connectivity index (χ0v) is 14.3. The average molecular weight is 324 g/mol. The highest BCUT2D eigenvalue weighted by molar-refractivity contribution is 7.15. The first kappa shape index (κ1) is 16.1. The van der Waals surface area contributed by atoms with Gasteiger partial charge in [-0.05, 0) is 44.3 Å². The monoisotopic (exact) mass is 324 g/mol. The van der Waals surface area contributed by atoms with E-state index in [4.69, 9.17) is 0 Å². The Morgan fingerprint density at radius 3 is 2.81 bits per heavy atom. The summed E-state index contributed by atoms with van der Waals surface area (Å²) in [5.74, 6) is -0.0505. The Labute approximate surface area is 133 Å². The summed E-state index contributed by atoms with van der Waals surface area (Å²) in [6.07, 6.45) is 0.834. The van der Waals surface area contributed by atoms with Crippen LogP contribution in [0.3, 0.4) is 0 Å². The van der Waals surface area contributed by atoms with Crippen molar-refractivity contribution in [1.29, 1.82) is 0 Å². The van der Waals surface area contributed by atoms with Crippen LogP contribution in [0.1, 0.15) is 29.3 Å². The molecule has 2 heterocycles. The average Bonchev–Trinajstić information content (AvgIpc) is 3.07. The molecule has 7 heteroatoms. The molecule has 0 bridgehead atoms. The van der Waals surface area contributed by atoms with Crippen LogP contribution < -0.4 is 5.32 Å². The number of nitrogens with one attached hydrogen (secondary N) is 1. The normalized spacial score (nSPS) is 12.6. The van der Waals surface area contributed by atoms with Gasteiger partial charge in [0, 0.05) is 11.4 Å². The molecule has 0 aliphatic heterocycles. The fraction of sp³-hybridized carbons (Fsp3) is 0.500. The zero-order chi connectivity index (χ0) is 15.4. The lowest BCUT2D eigenvalue weighted by Gasteiger charge is -2.23. The third kappa shape index (κ3) is 4.09. The first-order valence-electron chi connectivity index (χ1n) is 6.87. The minimum Gasteiger partial charge on any atom is -0.299 e. The van der Waals surface area contributed by atoms with Gasteiger partial charge in [-0.3, -0.25) is 15.0 Å². The lowest BCUT2D eigenvalue weighted by molar-refractivity contribution is -0.120. The van der Waals surface area contributed by atoms with Gasteiger partial charge in [-0.1, -0.05) is 18.3 Å². The summed E-state index contributed by atoms with van der Waals surface area (Å²) >= 11 is 3.15. The van der Waals surface area contributed by atoms with Crippen LogP contribution in [0, 0.1) is 6.92 Å². The van der Waals surface area contributed by atoms with Crippen molar-refractivity contribution in [3.05, 3.63) is 26.9 Å². The smallest absolute Gasteiger partial charge is 0.243 e. The molecule has 0 saturated heterocycles. The number of rotatable bonds is 6. The van der Waals surface area contributed by atoms with E-state index >= 15 is 0 Å². The Bertz CT molecular complexity index is 608. The molecule has 0 aromatic carbocycles. The Kier molecular flexibility index (Phi) is 5.44.